The summed E-state index contributed by atoms with van der Waals surface area (Å²) in [6, 6.07) is 1.82. The number of hydrogen-bond acceptors (Lipinski definition) is 7. The van der Waals surface area contributed by atoms with Crippen molar-refractivity contribution in [2.24, 2.45) is 5.92 Å². The van der Waals surface area contributed by atoms with Gasteiger partial charge in [0.25, 0.3) is 0 Å². The first-order valence-electron chi connectivity index (χ1n) is 8.49. The predicted octanol–water partition coefficient (Wildman–Crippen LogP) is 1.48. The van der Waals surface area contributed by atoms with E-state index in [9.17, 15) is 9.59 Å². The number of fused-ring (bicyclic) bond motifs is 2. The second kappa shape index (κ2) is 6.22. The largest absolute Gasteiger partial charge is 0.492 e. The van der Waals surface area contributed by atoms with Crippen molar-refractivity contribution in [1.82, 2.24) is 4.90 Å². The van der Waals surface area contributed by atoms with Crippen molar-refractivity contribution in [3.8, 4) is 17.2 Å². The summed E-state index contributed by atoms with van der Waals surface area (Å²) in [5, 5.41) is 0. The Bertz CT molecular complexity index is 731. The Labute approximate surface area is 145 Å². The van der Waals surface area contributed by atoms with Crippen LogP contribution in [0.25, 0.3) is 0 Å². The van der Waals surface area contributed by atoms with Gasteiger partial charge < -0.3 is 18.9 Å². The third kappa shape index (κ3) is 2.63. The number of esters is 1. The van der Waals surface area contributed by atoms with Crippen molar-refractivity contribution in [2.75, 3.05) is 34.1 Å². The van der Waals surface area contributed by atoms with Gasteiger partial charge in [0.1, 0.15) is 11.7 Å². The van der Waals surface area contributed by atoms with Crippen LogP contribution >= 0.6 is 0 Å². The van der Waals surface area contributed by atoms with Crippen LogP contribution < -0.4 is 14.2 Å². The Morgan fingerprint density at radius 2 is 2.20 bits per heavy atom. The molecule has 0 bridgehead atoms. The first-order chi connectivity index (χ1) is 12.1. The fourth-order valence-corrected chi connectivity index (χ4v) is 3.90. The molecular weight excluding hydrogens is 326 g/mol. The van der Waals surface area contributed by atoms with Crippen LogP contribution in [0.4, 0.5) is 0 Å². The van der Waals surface area contributed by atoms with E-state index in [2.05, 4.69) is 4.90 Å². The van der Waals surface area contributed by atoms with E-state index in [0.717, 1.165) is 24.1 Å². The molecule has 3 heterocycles. The minimum atomic E-state index is -0.640. The summed E-state index contributed by atoms with van der Waals surface area (Å²) in [5.74, 6) is 0.786. The minimum absolute atomic E-state index is 0.0769. The number of Topliss-reactive ketones (excluding diaryl/α,β-unsaturated/α-hetero) is 1. The van der Waals surface area contributed by atoms with Crippen LogP contribution in [0.1, 0.15) is 30.0 Å². The zero-order valence-electron chi connectivity index (χ0n) is 14.4. The standard InChI is InChI=1S/C18H21NO6/c1-19-5-3-10-7-14-16(25-9-24-14)17(22-2)15(10)12(19)8-13(20)11-4-6-23-18(11)21/h7,11-12H,3-6,8-9H2,1-2H3/t11-,12+/m1/s1. The molecule has 0 spiro atoms. The van der Waals surface area contributed by atoms with Gasteiger partial charge in [0.15, 0.2) is 11.5 Å². The van der Waals surface area contributed by atoms with E-state index in [1.165, 1.54) is 0 Å². The van der Waals surface area contributed by atoms with Gasteiger partial charge in [-0.05, 0) is 25.1 Å². The van der Waals surface area contributed by atoms with E-state index in [4.69, 9.17) is 18.9 Å². The van der Waals surface area contributed by atoms with Gasteiger partial charge in [-0.1, -0.05) is 0 Å². The SMILES string of the molecule is COc1c2c(cc3c1[C@H](CC(=O)[C@H]1CCOC1=O)N(C)CC3)OCO2. The van der Waals surface area contributed by atoms with Crippen molar-refractivity contribution in [3.05, 3.63) is 17.2 Å². The van der Waals surface area contributed by atoms with Gasteiger partial charge in [-0.25, -0.2) is 0 Å². The zero-order chi connectivity index (χ0) is 17.6. The molecule has 0 unspecified atom stereocenters. The number of likely N-dealkylation sites (N-methyl/N-ethyl adjacent to an activating group) is 1. The molecule has 0 aliphatic carbocycles. The van der Waals surface area contributed by atoms with Crippen LogP contribution in [0.3, 0.4) is 0 Å². The van der Waals surface area contributed by atoms with Crippen LogP contribution in [0, 0.1) is 5.92 Å². The summed E-state index contributed by atoms with van der Waals surface area (Å²) in [6.45, 7) is 1.32. The molecule has 1 aromatic rings. The normalized spacial score (nSPS) is 24.8. The van der Waals surface area contributed by atoms with E-state index < -0.39 is 11.9 Å². The Kier molecular flexibility index (Phi) is 4.03. The van der Waals surface area contributed by atoms with Gasteiger partial charge in [0.05, 0.1) is 13.7 Å². The number of carbonyl (C=O) groups excluding carboxylic acids is 2. The summed E-state index contributed by atoms with van der Waals surface area (Å²) in [4.78, 5) is 26.6. The van der Waals surface area contributed by atoms with Gasteiger partial charge in [0, 0.05) is 31.0 Å². The van der Waals surface area contributed by atoms with Crippen LogP contribution in [0.5, 0.6) is 17.2 Å². The van der Waals surface area contributed by atoms with Gasteiger partial charge in [-0.2, -0.15) is 0 Å². The number of ketones is 1. The average molecular weight is 347 g/mol. The second-order valence-electron chi connectivity index (χ2n) is 6.64. The number of benzene rings is 1. The van der Waals surface area contributed by atoms with E-state index in [1.54, 1.807) is 7.11 Å². The summed E-state index contributed by atoms with van der Waals surface area (Å²) < 4.78 is 21.6. The first-order valence-corrected chi connectivity index (χ1v) is 8.49. The topological polar surface area (TPSA) is 74.3 Å². The van der Waals surface area contributed by atoms with Crippen LogP contribution in [0.15, 0.2) is 6.07 Å². The molecule has 0 amide bonds. The Morgan fingerprint density at radius 1 is 1.36 bits per heavy atom. The van der Waals surface area contributed by atoms with Gasteiger partial charge >= 0.3 is 5.97 Å². The molecule has 0 N–H and O–H groups in total. The molecule has 0 saturated carbocycles. The van der Waals surface area contributed by atoms with Crippen molar-refractivity contribution in [3.63, 3.8) is 0 Å². The first kappa shape index (κ1) is 16.2. The monoisotopic (exact) mass is 347 g/mol. The fourth-order valence-electron chi connectivity index (χ4n) is 3.90. The molecule has 1 fully saturated rings. The van der Waals surface area contributed by atoms with Crippen molar-refractivity contribution in [1.29, 1.82) is 0 Å². The molecule has 1 saturated heterocycles. The van der Waals surface area contributed by atoms with Crippen LogP contribution in [-0.4, -0.2) is 50.8 Å². The molecule has 7 nitrogen and oxygen atoms in total. The number of methoxy groups -OCH3 is 1. The predicted molar refractivity (Wildman–Crippen MR) is 86.9 cm³/mol. The maximum atomic E-state index is 12.7. The van der Waals surface area contributed by atoms with E-state index in [-0.39, 0.29) is 25.0 Å². The number of cyclic esters (lactones) is 1. The Hall–Kier alpha value is -2.28. The van der Waals surface area contributed by atoms with Gasteiger partial charge in [0.2, 0.25) is 12.5 Å². The lowest BCUT2D eigenvalue weighted by Crippen LogP contribution is -2.35. The number of rotatable bonds is 4. The smallest absolute Gasteiger partial charge is 0.316 e. The van der Waals surface area contributed by atoms with Crippen LogP contribution in [-0.2, 0) is 20.7 Å². The summed E-state index contributed by atoms with van der Waals surface area (Å²) in [7, 11) is 3.58. The molecule has 7 heteroatoms. The average Bonchev–Trinajstić information content (AvgIpc) is 3.23. The quantitative estimate of drug-likeness (QED) is 0.603. The third-order valence-electron chi connectivity index (χ3n) is 5.27. The van der Waals surface area contributed by atoms with Crippen molar-refractivity contribution >= 4 is 11.8 Å². The third-order valence-corrected chi connectivity index (χ3v) is 5.27. The maximum absolute atomic E-state index is 12.7. The highest BCUT2D eigenvalue weighted by atomic mass is 16.7. The van der Waals surface area contributed by atoms with E-state index in [0.29, 0.717) is 30.3 Å². The highest BCUT2D eigenvalue weighted by Gasteiger charge is 2.39. The minimum Gasteiger partial charge on any atom is -0.492 e. The maximum Gasteiger partial charge on any atom is 0.316 e. The lowest BCUT2D eigenvalue weighted by atomic mass is 9.86. The zero-order valence-corrected chi connectivity index (χ0v) is 14.4. The van der Waals surface area contributed by atoms with Crippen molar-refractivity contribution < 1.29 is 28.5 Å². The molecule has 0 aromatic heterocycles. The fraction of sp³-hybridized carbons (Fsp3) is 0.556. The molecule has 2 atom stereocenters. The number of hydrogen-bond donors (Lipinski definition) is 0. The summed E-state index contributed by atoms with van der Waals surface area (Å²) in [5.41, 5.74) is 2.06. The Morgan fingerprint density at radius 3 is 2.92 bits per heavy atom. The molecule has 4 rings (SSSR count). The molecule has 0 radical (unpaired) electrons. The highest BCUT2D eigenvalue weighted by Crippen LogP contribution is 2.50. The molecule has 3 aliphatic heterocycles. The van der Waals surface area contributed by atoms with Gasteiger partial charge in [-0.15, -0.1) is 0 Å². The Balaban J connectivity index is 1.70. The number of nitrogens with zero attached hydrogens (tertiary/aromatic N) is 1. The summed E-state index contributed by atoms with van der Waals surface area (Å²) in [6.07, 6.45) is 1.56. The summed E-state index contributed by atoms with van der Waals surface area (Å²) >= 11 is 0. The number of ether oxygens (including phenoxy) is 4. The number of carbonyl (C=O) groups is 2. The van der Waals surface area contributed by atoms with E-state index >= 15 is 0 Å². The van der Waals surface area contributed by atoms with Crippen molar-refractivity contribution in [2.45, 2.75) is 25.3 Å². The molecular formula is C18H21NO6. The van der Waals surface area contributed by atoms with Gasteiger partial charge in [-0.3, -0.25) is 14.5 Å². The highest BCUT2D eigenvalue weighted by molar-refractivity contribution is 6.00. The molecule has 3 aliphatic rings. The second-order valence-corrected chi connectivity index (χ2v) is 6.64. The molecule has 25 heavy (non-hydrogen) atoms. The van der Waals surface area contributed by atoms with Crippen LogP contribution in [0.2, 0.25) is 0 Å². The van der Waals surface area contributed by atoms with E-state index in [1.807, 2.05) is 13.1 Å². The molecule has 134 valence electrons. The lowest BCUT2D eigenvalue weighted by molar-refractivity contribution is -0.144. The molecule has 1 aromatic carbocycles. The lowest BCUT2D eigenvalue weighted by Gasteiger charge is -2.35.